The molecule has 1 aromatic heterocycles. The molecule has 3 aliphatic carbocycles. The van der Waals surface area contributed by atoms with Gasteiger partial charge in [0, 0.05) is 24.3 Å². The van der Waals surface area contributed by atoms with Crippen LogP contribution >= 0.6 is 0 Å². The minimum Gasteiger partial charge on any atom is -0.335 e. The lowest BCUT2D eigenvalue weighted by Gasteiger charge is -2.31. The summed E-state index contributed by atoms with van der Waals surface area (Å²) in [5, 5.41) is 11.1. The highest BCUT2D eigenvalue weighted by Crippen LogP contribution is 2.37. The van der Waals surface area contributed by atoms with Crippen LogP contribution in [0, 0.1) is 11.8 Å². The van der Waals surface area contributed by atoms with E-state index in [1.54, 1.807) is 0 Å². The molecule has 2 amide bonds. The van der Waals surface area contributed by atoms with Crippen LogP contribution in [-0.2, 0) is 13.5 Å². The van der Waals surface area contributed by atoms with Crippen LogP contribution in [0.25, 0.3) is 0 Å². The highest BCUT2D eigenvalue weighted by atomic mass is 16.2. The molecule has 2 N–H and O–H groups in total. The summed E-state index contributed by atoms with van der Waals surface area (Å²) in [6.45, 7) is 0. The molecule has 0 aliphatic heterocycles. The molecule has 0 aromatic carbocycles. The van der Waals surface area contributed by atoms with Gasteiger partial charge in [0.05, 0.1) is 12.2 Å². The number of carbonyl (C=O) groups is 1. The predicted molar refractivity (Wildman–Crippen MR) is 98.3 cm³/mol. The third kappa shape index (κ3) is 3.56. The molecule has 1 aromatic rings. The monoisotopic (exact) mass is 344 g/mol. The van der Waals surface area contributed by atoms with Gasteiger partial charge >= 0.3 is 6.03 Å². The Kier molecular flexibility index (Phi) is 5.00. The maximum Gasteiger partial charge on any atom is 0.315 e. The molecule has 3 aliphatic rings. The molecule has 0 radical (unpaired) electrons. The van der Waals surface area contributed by atoms with Crippen molar-refractivity contribution in [2.24, 2.45) is 18.9 Å². The first kappa shape index (κ1) is 16.9. The second-order valence-corrected chi connectivity index (χ2v) is 8.35. The molecule has 4 rings (SSSR count). The van der Waals surface area contributed by atoms with Gasteiger partial charge in [-0.3, -0.25) is 4.68 Å². The van der Waals surface area contributed by atoms with Crippen LogP contribution in [0.2, 0.25) is 0 Å². The van der Waals surface area contributed by atoms with Gasteiger partial charge in [-0.2, -0.15) is 5.10 Å². The fourth-order valence-electron chi connectivity index (χ4n) is 5.46. The van der Waals surface area contributed by atoms with Crippen molar-refractivity contribution in [1.29, 1.82) is 0 Å². The molecule has 0 bridgehead atoms. The van der Waals surface area contributed by atoms with Gasteiger partial charge in [0.25, 0.3) is 0 Å². The largest absolute Gasteiger partial charge is 0.335 e. The van der Waals surface area contributed by atoms with E-state index in [9.17, 15) is 4.79 Å². The second kappa shape index (κ2) is 7.38. The first-order valence-corrected chi connectivity index (χ1v) is 10.3. The van der Waals surface area contributed by atoms with Crippen molar-refractivity contribution >= 4 is 6.03 Å². The molecule has 2 saturated carbocycles. The first-order chi connectivity index (χ1) is 12.2. The van der Waals surface area contributed by atoms with E-state index in [1.165, 1.54) is 62.6 Å². The lowest BCUT2D eigenvalue weighted by atomic mass is 9.86. The van der Waals surface area contributed by atoms with Crippen LogP contribution in [0.5, 0.6) is 0 Å². The molecule has 1 heterocycles. The Bertz CT molecular complexity index is 583. The van der Waals surface area contributed by atoms with Crippen molar-refractivity contribution in [1.82, 2.24) is 20.4 Å². The van der Waals surface area contributed by atoms with Gasteiger partial charge in [-0.05, 0) is 56.8 Å². The number of rotatable bonds is 4. The quantitative estimate of drug-likeness (QED) is 0.872. The smallest absolute Gasteiger partial charge is 0.315 e. The van der Waals surface area contributed by atoms with Gasteiger partial charge in [-0.1, -0.05) is 25.7 Å². The first-order valence-electron chi connectivity index (χ1n) is 10.3. The summed E-state index contributed by atoms with van der Waals surface area (Å²) in [7, 11) is 2.00. The number of hydrogen-bond donors (Lipinski definition) is 2. The average molecular weight is 345 g/mol. The van der Waals surface area contributed by atoms with Crippen LogP contribution in [0.1, 0.15) is 81.5 Å². The third-order valence-electron chi connectivity index (χ3n) is 6.79. The summed E-state index contributed by atoms with van der Waals surface area (Å²) in [5.41, 5.74) is 2.49. The molecule has 1 unspecified atom stereocenters. The zero-order chi connectivity index (χ0) is 17.2. The van der Waals surface area contributed by atoms with Crippen LogP contribution in [0.4, 0.5) is 4.79 Å². The molecular weight excluding hydrogens is 312 g/mol. The molecular formula is C20H32N4O. The molecule has 25 heavy (non-hydrogen) atoms. The Balaban J connectivity index is 1.41. The lowest BCUT2D eigenvalue weighted by molar-refractivity contribution is 0.210. The topological polar surface area (TPSA) is 59.0 Å². The van der Waals surface area contributed by atoms with E-state index in [1.807, 2.05) is 17.9 Å². The van der Waals surface area contributed by atoms with Gasteiger partial charge in [-0.25, -0.2) is 4.79 Å². The van der Waals surface area contributed by atoms with Crippen molar-refractivity contribution < 1.29 is 4.79 Å². The molecule has 2 fully saturated rings. The average Bonchev–Trinajstić information content (AvgIpc) is 3.36. The molecule has 5 nitrogen and oxygen atoms in total. The maximum atomic E-state index is 12.8. The Morgan fingerprint density at radius 3 is 2.36 bits per heavy atom. The summed E-state index contributed by atoms with van der Waals surface area (Å²) >= 11 is 0. The third-order valence-corrected chi connectivity index (χ3v) is 6.79. The van der Waals surface area contributed by atoms with Crippen molar-refractivity contribution in [3.63, 3.8) is 0 Å². The number of urea groups is 1. The van der Waals surface area contributed by atoms with Gasteiger partial charge in [0.2, 0.25) is 0 Å². The summed E-state index contributed by atoms with van der Waals surface area (Å²) in [4.78, 5) is 12.8. The SMILES string of the molecule is Cn1ncc2c1CCCC2NC(=O)NC(C1CCCC1)C1CCCC1. The number of hydrogen-bond acceptors (Lipinski definition) is 2. The highest BCUT2D eigenvalue weighted by molar-refractivity contribution is 5.75. The van der Waals surface area contributed by atoms with E-state index in [2.05, 4.69) is 15.7 Å². The van der Waals surface area contributed by atoms with E-state index < -0.39 is 0 Å². The molecule has 1 atom stereocenters. The minimum atomic E-state index is 0.0329. The molecule has 138 valence electrons. The molecule has 0 saturated heterocycles. The van der Waals surface area contributed by atoms with Gasteiger partial charge < -0.3 is 10.6 Å². The number of carbonyl (C=O) groups excluding carboxylic acids is 1. The summed E-state index contributed by atoms with van der Waals surface area (Å²) in [5.74, 6) is 1.38. The standard InChI is InChI=1S/C20H32N4O/c1-24-18-12-6-11-17(16(18)13-21-24)22-20(25)23-19(14-7-2-3-8-14)15-9-4-5-10-15/h13-15,17,19H,2-12H2,1H3,(H2,22,23,25). The van der Waals surface area contributed by atoms with E-state index in [4.69, 9.17) is 0 Å². The summed E-state index contributed by atoms with van der Waals surface area (Å²) in [6, 6.07) is 0.526. The van der Waals surface area contributed by atoms with E-state index in [0.29, 0.717) is 17.9 Å². The highest BCUT2D eigenvalue weighted by Gasteiger charge is 2.35. The zero-order valence-corrected chi connectivity index (χ0v) is 15.5. The Hall–Kier alpha value is -1.52. The second-order valence-electron chi connectivity index (χ2n) is 8.35. The van der Waals surface area contributed by atoms with Gasteiger partial charge in [0.1, 0.15) is 0 Å². The number of nitrogens with zero attached hydrogens (tertiary/aromatic N) is 2. The lowest BCUT2D eigenvalue weighted by Crippen LogP contribution is -2.49. The minimum absolute atomic E-state index is 0.0329. The van der Waals surface area contributed by atoms with Crippen molar-refractivity contribution in [3.8, 4) is 0 Å². The Morgan fingerprint density at radius 1 is 1.08 bits per heavy atom. The van der Waals surface area contributed by atoms with Crippen LogP contribution in [-0.4, -0.2) is 21.9 Å². The molecule has 0 spiro atoms. The van der Waals surface area contributed by atoms with Crippen LogP contribution in [0.3, 0.4) is 0 Å². The van der Waals surface area contributed by atoms with Crippen LogP contribution in [0.15, 0.2) is 6.20 Å². The van der Waals surface area contributed by atoms with E-state index in [-0.39, 0.29) is 12.1 Å². The van der Waals surface area contributed by atoms with Gasteiger partial charge in [0.15, 0.2) is 0 Å². The van der Waals surface area contributed by atoms with E-state index in [0.717, 1.165) is 19.3 Å². The van der Waals surface area contributed by atoms with E-state index >= 15 is 0 Å². The summed E-state index contributed by atoms with van der Waals surface area (Å²) < 4.78 is 1.96. The summed E-state index contributed by atoms with van der Waals surface area (Å²) in [6.07, 6.45) is 15.6. The number of amides is 2. The fourth-order valence-corrected chi connectivity index (χ4v) is 5.46. The molecule has 5 heteroatoms. The Labute approximate surface area is 150 Å². The predicted octanol–water partition coefficient (Wildman–Crippen LogP) is 3.85. The van der Waals surface area contributed by atoms with Gasteiger partial charge in [-0.15, -0.1) is 0 Å². The normalized spacial score (nSPS) is 24.6. The number of nitrogens with one attached hydrogen (secondary N) is 2. The number of fused-ring (bicyclic) bond motifs is 1. The van der Waals surface area contributed by atoms with Crippen molar-refractivity contribution in [2.45, 2.75) is 82.7 Å². The maximum absolute atomic E-state index is 12.8. The zero-order valence-electron chi connectivity index (χ0n) is 15.5. The van der Waals surface area contributed by atoms with Crippen molar-refractivity contribution in [3.05, 3.63) is 17.5 Å². The number of aromatic nitrogens is 2. The Morgan fingerprint density at radius 2 is 1.72 bits per heavy atom. The van der Waals surface area contributed by atoms with Crippen molar-refractivity contribution in [2.75, 3.05) is 0 Å². The fraction of sp³-hybridized carbons (Fsp3) is 0.800. The number of aryl methyl sites for hydroxylation is 1. The van der Waals surface area contributed by atoms with Crippen LogP contribution < -0.4 is 10.6 Å².